The summed E-state index contributed by atoms with van der Waals surface area (Å²) < 4.78 is 22.8. The summed E-state index contributed by atoms with van der Waals surface area (Å²) >= 11 is 0. The molecule has 1 saturated heterocycles. The zero-order valence-electron chi connectivity index (χ0n) is 12.6. The lowest BCUT2D eigenvalue weighted by molar-refractivity contribution is 0.170. The summed E-state index contributed by atoms with van der Waals surface area (Å²) in [5.74, 6) is 0. The Morgan fingerprint density at radius 1 is 1.38 bits per heavy atom. The first-order chi connectivity index (χ1) is 9.88. The van der Waals surface area contributed by atoms with E-state index in [1.165, 1.54) is 19.1 Å². The van der Waals surface area contributed by atoms with Crippen molar-refractivity contribution >= 4 is 9.84 Å². The predicted octanol–water partition coefficient (Wildman–Crippen LogP) is 0.807. The van der Waals surface area contributed by atoms with Crippen LogP contribution in [0.25, 0.3) is 0 Å². The van der Waals surface area contributed by atoms with Crippen LogP contribution in [0.3, 0.4) is 0 Å². The molecule has 6 heteroatoms. The van der Waals surface area contributed by atoms with E-state index in [-0.39, 0.29) is 4.90 Å². The molecule has 2 N–H and O–H groups in total. The molecule has 1 aromatic carbocycles. The van der Waals surface area contributed by atoms with Gasteiger partial charge in [0, 0.05) is 25.4 Å². The van der Waals surface area contributed by atoms with Crippen LogP contribution in [0.5, 0.6) is 0 Å². The third-order valence-electron chi connectivity index (χ3n) is 4.08. The largest absolute Gasteiger partial charge is 0.387 e. The van der Waals surface area contributed by atoms with Crippen molar-refractivity contribution in [2.75, 3.05) is 32.9 Å². The third-order valence-corrected chi connectivity index (χ3v) is 5.21. The number of aliphatic hydroxyl groups is 1. The summed E-state index contributed by atoms with van der Waals surface area (Å²) in [7, 11) is -1.06. The lowest BCUT2D eigenvalue weighted by Gasteiger charge is -2.21. The summed E-state index contributed by atoms with van der Waals surface area (Å²) in [5, 5.41) is 13.4. The summed E-state index contributed by atoms with van der Waals surface area (Å²) in [6, 6.07) is 6.97. The molecule has 0 radical (unpaired) electrons. The SMILES string of the molecule is CN1CCCC1CNCC(O)c1ccc(S(C)(=O)=O)cc1. The number of benzene rings is 1. The van der Waals surface area contributed by atoms with E-state index in [4.69, 9.17) is 0 Å². The molecule has 1 fully saturated rings. The van der Waals surface area contributed by atoms with Crippen molar-refractivity contribution in [2.45, 2.75) is 29.9 Å². The van der Waals surface area contributed by atoms with Gasteiger partial charge in [0.05, 0.1) is 11.0 Å². The van der Waals surface area contributed by atoms with Crippen LogP contribution in [0.1, 0.15) is 24.5 Å². The van der Waals surface area contributed by atoms with Crippen molar-refractivity contribution in [3.63, 3.8) is 0 Å². The first-order valence-corrected chi connectivity index (χ1v) is 9.16. The second-order valence-corrected chi connectivity index (χ2v) is 7.81. The fourth-order valence-corrected chi connectivity index (χ4v) is 3.31. The van der Waals surface area contributed by atoms with Crippen molar-refractivity contribution in [1.82, 2.24) is 10.2 Å². The fourth-order valence-electron chi connectivity index (χ4n) is 2.68. The Bertz CT molecular complexity index is 557. The van der Waals surface area contributed by atoms with Crippen molar-refractivity contribution in [3.05, 3.63) is 29.8 Å². The van der Waals surface area contributed by atoms with Crippen LogP contribution in [0, 0.1) is 0 Å². The highest BCUT2D eigenvalue weighted by Gasteiger charge is 2.20. The van der Waals surface area contributed by atoms with Crippen molar-refractivity contribution in [3.8, 4) is 0 Å². The second-order valence-electron chi connectivity index (χ2n) is 5.79. The Morgan fingerprint density at radius 3 is 2.57 bits per heavy atom. The predicted molar refractivity (Wildman–Crippen MR) is 83.0 cm³/mol. The standard InChI is InChI=1S/C15H24N2O3S/c1-17-9-3-4-13(17)10-16-11-15(18)12-5-7-14(8-6-12)21(2,19)20/h5-8,13,15-16,18H,3-4,9-11H2,1-2H3. The minimum Gasteiger partial charge on any atom is -0.387 e. The van der Waals surface area contributed by atoms with Crippen LogP contribution < -0.4 is 5.32 Å². The molecule has 21 heavy (non-hydrogen) atoms. The summed E-state index contributed by atoms with van der Waals surface area (Å²) in [6.07, 6.45) is 2.99. The molecular weight excluding hydrogens is 288 g/mol. The van der Waals surface area contributed by atoms with E-state index in [2.05, 4.69) is 17.3 Å². The van der Waals surface area contributed by atoms with Crippen LogP contribution in [0.4, 0.5) is 0 Å². The molecule has 0 aliphatic carbocycles. The van der Waals surface area contributed by atoms with Gasteiger partial charge in [0.2, 0.25) is 0 Å². The number of likely N-dealkylation sites (tertiary alicyclic amines) is 1. The normalized spacial score (nSPS) is 21.6. The molecule has 2 unspecified atom stereocenters. The topological polar surface area (TPSA) is 69.6 Å². The molecule has 1 heterocycles. The van der Waals surface area contributed by atoms with Crippen molar-refractivity contribution in [2.24, 2.45) is 0 Å². The van der Waals surface area contributed by atoms with Gasteiger partial charge in [0.25, 0.3) is 0 Å². The van der Waals surface area contributed by atoms with E-state index in [1.807, 2.05) is 0 Å². The number of hydrogen-bond acceptors (Lipinski definition) is 5. The van der Waals surface area contributed by atoms with Crippen LogP contribution in [0.2, 0.25) is 0 Å². The summed E-state index contributed by atoms with van der Waals surface area (Å²) in [6.45, 7) is 2.49. The molecule has 1 aliphatic heterocycles. The Kier molecular flexibility index (Phi) is 5.37. The number of nitrogens with zero attached hydrogens (tertiary/aromatic N) is 1. The highest BCUT2D eigenvalue weighted by atomic mass is 32.2. The van der Waals surface area contributed by atoms with E-state index < -0.39 is 15.9 Å². The average molecular weight is 312 g/mol. The molecule has 0 saturated carbocycles. The van der Waals surface area contributed by atoms with Gasteiger partial charge in [-0.3, -0.25) is 0 Å². The van der Waals surface area contributed by atoms with Crippen LogP contribution in [-0.2, 0) is 9.84 Å². The van der Waals surface area contributed by atoms with E-state index in [0.717, 1.165) is 18.7 Å². The second kappa shape index (κ2) is 6.87. The highest BCUT2D eigenvalue weighted by molar-refractivity contribution is 7.90. The Morgan fingerprint density at radius 2 is 2.05 bits per heavy atom. The fraction of sp³-hybridized carbons (Fsp3) is 0.600. The smallest absolute Gasteiger partial charge is 0.175 e. The maximum absolute atomic E-state index is 11.4. The number of hydrogen-bond donors (Lipinski definition) is 2. The molecule has 0 bridgehead atoms. The van der Waals surface area contributed by atoms with Gasteiger partial charge in [-0.05, 0) is 44.1 Å². The molecule has 1 aliphatic rings. The third kappa shape index (κ3) is 4.51. The van der Waals surface area contributed by atoms with Crippen LogP contribution in [-0.4, -0.2) is 57.4 Å². The van der Waals surface area contributed by atoms with E-state index in [9.17, 15) is 13.5 Å². The van der Waals surface area contributed by atoms with Gasteiger partial charge in [-0.2, -0.15) is 0 Å². The quantitative estimate of drug-likeness (QED) is 0.813. The van der Waals surface area contributed by atoms with Gasteiger partial charge in [-0.15, -0.1) is 0 Å². The van der Waals surface area contributed by atoms with Gasteiger partial charge in [-0.25, -0.2) is 8.42 Å². The van der Waals surface area contributed by atoms with Crippen LogP contribution >= 0.6 is 0 Å². The average Bonchev–Trinajstić information content (AvgIpc) is 2.83. The molecule has 0 spiro atoms. The lowest BCUT2D eigenvalue weighted by atomic mass is 10.1. The minimum atomic E-state index is -3.18. The van der Waals surface area contributed by atoms with E-state index in [0.29, 0.717) is 12.6 Å². The molecule has 2 rings (SSSR count). The first kappa shape index (κ1) is 16.4. The van der Waals surface area contributed by atoms with Crippen molar-refractivity contribution < 1.29 is 13.5 Å². The van der Waals surface area contributed by atoms with E-state index >= 15 is 0 Å². The van der Waals surface area contributed by atoms with E-state index in [1.54, 1.807) is 24.3 Å². The van der Waals surface area contributed by atoms with Gasteiger partial charge < -0.3 is 15.3 Å². The zero-order valence-corrected chi connectivity index (χ0v) is 13.4. The van der Waals surface area contributed by atoms with Crippen molar-refractivity contribution in [1.29, 1.82) is 0 Å². The number of rotatable bonds is 6. The molecular formula is C15H24N2O3S. The monoisotopic (exact) mass is 312 g/mol. The Labute approximate surface area is 126 Å². The molecule has 5 nitrogen and oxygen atoms in total. The first-order valence-electron chi connectivity index (χ1n) is 7.27. The van der Waals surface area contributed by atoms with Crippen LogP contribution in [0.15, 0.2) is 29.2 Å². The number of aliphatic hydroxyl groups excluding tert-OH is 1. The summed E-state index contributed by atoms with van der Waals surface area (Å²) in [4.78, 5) is 2.61. The highest BCUT2D eigenvalue weighted by Crippen LogP contribution is 2.17. The van der Waals surface area contributed by atoms with Gasteiger partial charge in [0.1, 0.15) is 0 Å². The number of likely N-dealkylation sites (N-methyl/N-ethyl adjacent to an activating group) is 1. The maximum atomic E-state index is 11.4. The minimum absolute atomic E-state index is 0.277. The maximum Gasteiger partial charge on any atom is 0.175 e. The molecule has 0 amide bonds. The molecule has 1 aromatic rings. The Balaban J connectivity index is 1.84. The zero-order chi connectivity index (χ0) is 15.5. The van der Waals surface area contributed by atoms with Gasteiger partial charge in [-0.1, -0.05) is 12.1 Å². The van der Waals surface area contributed by atoms with Gasteiger partial charge >= 0.3 is 0 Å². The number of nitrogens with one attached hydrogen (secondary N) is 1. The van der Waals surface area contributed by atoms with Gasteiger partial charge in [0.15, 0.2) is 9.84 Å². The number of sulfone groups is 1. The molecule has 0 aromatic heterocycles. The summed E-state index contributed by atoms with van der Waals surface area (Å²) in [5.41, 5.74) is 0.731. The molecule has 118 valence electrons. The lowest BCUT2D eigenvalue weighted by Crippen LogP contribution is -2.37. The Hall–Kier alpha value is -0.950. The molecule has 2 atom stereocenters.